The number of hydrogen-bond acceptors (Lipinski definition) is 4. The predicted octanol–water partition coefficient (Wildman–Crippen LogP) is 7.02. The molecule has 2 heterocycles. The monoisotopic (exact) mass is 496 g/mol. The first-order valence-corrected chi connectivity index (χ1v) is 14.6. The molecule has 3 aromatic rings. The van der Waals surface area contributed by atoms with Crippen LogP contribution in [0.4, 0.5) is 5.82 Å². The van der Waals surface area contributed by atoms with E-state index >= 15 is 0 Å². The molecule has 0 bridgehead atoms. The number of benzene rings is 2. The molecular formula is C33H44N4. The molecule has 2 aromatic carbocycles. The fraction of sp³-hybridized carbons (Fsp3) is 0.515. The Morgan fingerprint density at radius 3 is 2.38 bits per heavy atom. The van der Waals surface area contributed by atoms with Crippen LogP contribution in [0.2, 0.25) is 0 Å². The molecule has 0 saturated carbocycles. The quantitative estimate of drug-likeness (QED) is 0.364. The van der Waals surface area contributed by atoms with Crippen molar-refractivity contribution in [2.75, 3.05) is 24.5 Å². The van der Waals surface area contributed by atoms with Crippen LogP contribution < -0.4 is 10.2 Å². The van der Waals surface area contributed by atoms with Crippen molar-refractivity contribution in [1.82, 2.24) is 15.3 Å². The Bertz CT molecular complexity index is 1190. The van der Waals surface area contributed by atoms with Gasteiger partial charge in [0.05, 0.1) is 0 Å². The van der Waals surface area contributed by atoms with Gasteiger partial charge in [0, 0.05) is 36.0 Å². The van der Waals surface area contributed by atoms with Gasteiger partial charge in [0.2, 0.25) is 0 Å². The number of aromatic nitrogens is 2. The first-order chi connectivity index (χ1) is 18.1. The molecule has 4 heteroatoms. The zero-order chi connectivity index (χ0) is 25.8. The molecule has 0 unspecified atom stereocenters. The van der Waals surface area contributed by atoms with E-state index in [4.69, 9.17) is 9.97 Å². The number of anilines is 1. The third-order valence-electron chi connectivity index (χ3n) is 8.63. The van der Waals surface area contributed by atoms with E-state index in [1.807, 2.05) is 0 Å². The minimum Gasteiger partial charge on any atom is -0.356 e. The average Bonchev–Trinajstić information content (AvgIpc) is 2.93. The van der Waals surface area contributed by atoms with Gasteiger partial charge in [-0.1, -0.05) is 63.2 Å². The molecule has 37 heavy (non-hydrogen) atoms. The molecular weight excluding hydrogens is 452 g/mol. The van der Waals surface area contributed by atoms with Gasteiger partial charge >= 0.3 is 0 Å². The van der Waals surface area contributed by atoms with Gasteiger partial charge in [0.15, 0.2) is 5.82 Å². The minimum atomic E-state index is 0.452. The van der Waals surface area contributed by atoms with Crippen molar-refractivity contribution in [3.05, 3.63) is 76.0 Å². The van der Waals surface area contributed by atoms with Crippen LogP contribution in [0, 0.1) is 12.8 Å². The maximum absolute atomic E-state index is 5.36. The normalized spacial score (nSPS) is 18.2. The van der Waals surface area contributed by atoms with Crippen LogP contribution in [0.5, 0.6) is 0 Å². The van der Waals surface area contributed by atoms with Crippen LogP contribution >= 0.6 is 0 Å². The van der Waals surface area contributed by atoms with Gasteiger partial charge in [-0.05, 0) is 93.0 Å². The topological polar surface area (TPSA) is 41.1 Å². The zero-order valence-corrected chi connectivity index (χ0v) is 23.3. The number of hydrogen-bond donors (Lipinski definition) is 1. The average molecular weight is 497 g/mol. The molecule has 0 amide bonds. The van der Waals surface area contributed by atoms with E-state index in [9.17, 15) is 0 Å². The van der Waals surface area contributed by atoms with E-state index in [-0.39, 0.29) is 0 Å². The molecule has 1 aromatic heterocycles. The second-order valence-electron chi connectivity index (χ2n) is 11.1. The van der Waals surface area contributed by atoms with Crippen molar-refractivity contribution in [1.29, 1.82) is 0 Å². The van der Waals surface area contributed by atoms with E-state index in [1.165, 1.54) is 71.3 Å². The number of piperidine rings is 1. The van der Waals surface area contributed by atoms with Crippen LogP contribution in [-0.2, 0) is 25.7 Å². The maximum Gasteiger partial charge on any atom is 0.162 e. The van der Waals surface area contributed by atoms with Gasteiger partial charge in [-0.25, -0.2) is 9.97 Å². The zero-order valence-electron chi connectivity index (χ0n) is 23.3. The van der Waals surface area contributed by atoms with Crippen molar-refractivity contribution in [2.24, 2.45) is 5.92 Å². The molecule has 0 spiro atoms. The number of fused-ring (bicyclic) bond motifs is 1. The Morgan fingerprint density at radius 2 is 1.65 bits per heavy atom. The minimum absolute atomic E-state index is 0.452. The highest BCUT2D eigenvalue weighted by Crippen LogP contribution is 2.33. The summed E-state index contributed by atoms with van der Waals surface area (Å²) in [6.45, 7) is 12.2. The standard InChI is InChI=1S/C33H44N4/c1-5-25-12-9-13-26(6-2)31(25)32-35-24(4)28(33(36-32)37-21-18-23(3)19-22-37)17-20-34-30-16-10-14-27-11-7-8-15-29(27)30/h7-9,11-13,15,23,30,34H,5-6,10,14,16-22H2,1-4H3/t30-/m0/s1. The summed E-state index contributed by atoms with van der Waals surface area (Å²) < 4.78 is 0. The van der Waals surface area contributed by atoms with Gasteiger partial charge in [-0.2, -0.15) is 0 Å². The number of nitrogens with one attached hydrogen (secondary N) is 1. The Kier molecular flexibility index (Phi) is 8.24. The molecule has 1 atom stereocenters. The third kappa shape index (κ3) is 5.60. The van der Waals surface area contributed by atoms with E-state index in [2.05, 4.69) is 80.4 Å². The summed E-state index contributed by atoms with van der Waals surface area (Å²) in [6, 6.07) is 16.1. The summed E-state index contributed by atoms with van der Waals surface area (Å²) in [5.41, 5.74) is 9.42. The van der Waals surface area contributed by atoms with Crippen LogP contribution in [-0.4, -0.2) is 29.6 Å². The summed E-state index contributed by atoms with van der Waals surface area (Å²) >= 11 is 0. The van der Waals surface area contributed by atoms with Crippen molar-refractivity contribution in [3.8, 4) is 11.4 Å². The maximum atomic E-state index is 5.36. The number of aryl methyl sites for hydroxylation is 4. The van der Waals surface area contributed by atoms with E-state index in [1.54, 1.807) is 0 Å². The molecule has 0 radical (unpaired) electrons. The van der Waals surface area contributed by atoms with E-state index in [0.717, 1.165) is 56.3 Å². The molecule has 4 nitrogen and oxygen atoms in total. The Balaban J connectivity index is 1.45. The summed E-state index contributed by atoms with van der Waals surface area (Å²) in [5, 5.41) is 3.90. The summed E-state index contributed by atoms with van der Waals surface area (Å²) in [5.74, 6) is 2.88. The van der Waals surface area contributed by atoms with Gasteiger partial charge in [-0.15, -0.1) is 0 Å². The highest BCUT2D eigenvalue weighted by molar-refractivity contribution is 5.68. The van der Waals surface area contributed by atoms with Crippen LogP contribution in [0.1, 0.15) is 86.0 Å². The van der Waals surface area contributed by atoms with Crippen molar-refractivity contribution >= 4 is 5.82 Å². The fourth-order valence-electron chi connectivity index (χ4n) is 6.33. The Morgan fingerprint density at radius 1 is 0.919 bits per heavy atom. The third-order valence-corrected chi connectivity index (χ3v) is 8.63. The summed E-state index contributed by atoms with van der Waals surface area (Å²) in [4.78, 5) is 13.1. The SMILES string of the molecule is CCc1cccc(CC)c1-c1nc(C)c(CCN[C@H]2CCCc3ccccc32)c(N2CCC(C)CC2)n1. The molecule has 1 aliphatic heterocycles. The van der Waals surface area contributed by atoms with Crippen molar-refractivity contribution in [2.45, 2.75) is 85.1 Å². The predicted molar refractivity (Wildman–Crippen MR) is 155 cm³/mol. The van der Waals surface area contributed by atoms with Gasteiger partial charge in [-0.3, -0.25) is 0 Å². The van der Waals surface area contributed by atoms with E-state index in [0.29, 0.717) is 6.04 Å². The van der Waals surface area contributed by atoms with Gasteiger partial charge in [0.25, 0.3) is 0 Å². The molecule has 1 saturated heterocycles. The summed E-state index contributed by atoms with van der Waals surface area (Å²) in [7, 11) is 0. The Hall–Kier alpha value is -2.72. The molecule has 5 rings (SSSR count). The lowest BCUT2D eigenvalue weighted by Crippen LogP contribution is -2.35. The lowest BCUT2D eigenvalue weighted by Gasteiger charge is -2.33. The van der Waals surface area contributed by atoms with Crippen LogP contribution in [0.3, 0.4) is 0 Å². The second-order valence-corrected chi connectivity index (χ2v) is 11.1. The lowest BCUT2D eigenvalue weighted by molar-refractivity contribution is 0.435. The lowest BCUT2D eigenvalue weighted by atomic mass is 9.87. The molecule has 2 aliphatic rings. The van der Waals surface area contributed by atoms with Gasteiger partial charge < -0.3 is 10.2 Å². The largest absolute Gasteiger partial charge is 0.356 e. The van der Waals surface area contributed by atoms with Crippen LogP contribution in [0.15, 0.2) is 42.5 Å². The fourth-order valence-corrected chi connectivity index (χ4v) is 6.33. The molecule has 196 valence electrons. The van der Waals surface area contributed by atoms with Crippen molar-refractivity contribution < 1.29 is 0 Å². The molecule has 1 N–H and O–H groups in total. The summed E-state index contributed by atoms with van der Waals surface area (Å²) in [6.07, 6.45) is 9.12. The molecule has 1 fully saturated rings. The van der Waals surface area contributed by atoms with Crippen LogP contribution in [0.25, 0.3) is 11.4 Å². The first kappa shape index (κ1) is 25.9. The number of rotatable bonds is 8. The number of nitrogens with zero attached hydrogens (tertiary/aromatic N) is 3. The second kappa shape index (κ2) is 11.8. The molecule has 1 aliphatic carbocycles. The van der Waals surface area contributed by atoms with Crippen molar-refractivity contribution in [3.63, 3.8) is 0 Å². The highest BCUT2D eigenvalue weighted by atomic mass is 15.2. The first-order valence-electron chi connectivity index (χ1n) is 14.6. The smallest absolute Gasteiger partial charge is 0.162 e. The van der Waals surface area contributed by atoms with Gasteiger partial charge in [0.1, 0.15) is 5.82 Å². The van der Waals surface area contributed by atoms with E-state index < -0.39 is 0 Å². The Labute approximate surface area is 223 Å². The highest BCUT2D eigenvalue weighted by Gasteiger charge is 2.24.